The van der Waals surface area contributed by atoms with Crippen molar-refractivity contribution in [2.45, 2.75) is 6.92 Å². The fraction of sp³-hybridized carbons (Fsp3) is 0.500. The molecular weight excluding hydrogens is 95.0 g/mol. The maximum Gasteiger partial charge on any atom is 0.0480 e. The van der Waals surface area contributed by atoms with Crippen molar-refractivity contribution in [1.82, 2.24) is 0 Å². The van der Waals surface area contributed by atoms with Crippen molar-refractivity contribution in [3.05, 3.63) is 12.4 Å². The predicted molar refractivity (Wildman–Crippen MR) is 29.9 cm³/mol. The first-order chi connectivity index (χ1) is 2.81. The highest BCUT2D eigenvalue weighted by molar-refractivity contribution is 7.54. The molecule has 0 saturated heterocycles. The highest BCUT2D eigenvalue weighted by Gasteiger charge is 1.86. The molecule has 0 aliphatic carbocycles. The van der Waals surface area contributed by atoms with Gasteiger partial charge in [-0.05, 0) is 12.0 Å². The highest BCUT2D eigenvalue weighted by atomic mass is 31.1. The van der Waals surface area contributed by atoms with E-state index in [9.17, 15) is 0 Å². The molecule has 0 bridgehead atoms. The maximum absolute atomic E-state index is 8.61. The second-order valence-corrected chi connectivity index (χ2v) is 2.81. The summed E-state index contributed by atoms with van der Waals surface area (Å²) in [6.45, 7) is 5.35. The molecule has 1 unspecified atom stereocenters. The van der Waals surface area contributed by atoms with E-state index >= 15 is 0 Å². The first-order valence-electron chi connectivity index (χ1n) is 1.89. The minimum Gasteiger partial charge on any atom is -0.370 e. The highest BCUT2D eigenvalue weighted by Crippen LogP contribution is 2.28. The summed E-state index contributed by atoms with van der Waals surface area (Å²) >= 11 is 0. The molecule has 0 aromatic carbocycles. The van der Waals surface area contributed by atoms with Crippen LogP contribution in [-0.2, 0) is 0 Å². The zero-order chi connectivity index (χ0) is 4.99. The molecule has 0 heterocycles. The molecule has 2 heteroatoms. The zero-order valence-electron chi connectivity index (χ0n) is 3.89. The minimum absolute atomic E-state index is 0.812. The molecule has 0 rings (SSSR count). The second kappa shape index (κ2) is 3.32. The van der Waals surface area contributed by atoms with Crippen molar-refractivity contribution in [2.24, 2.45) is 0 Å². The number of rotatable bonds is 2. The third kappa shape index (κ3) is 2.37. The van der Waals surface area contributed by atoms with Crippen LogP contribution in [0.2, 0.25) is 0 Å². The second-order valence-electron chi connectivity index (χ2n) is 0.938. The molecule has 0 aromatic heterocycles. The summed E-state index contributed by atoms with van der Waals surface area (Å²) in [6.07, 6.45) is 0.832. The van der Waals surface area contributed by atoms with Gasteiger partial charge in [0.15, 0.2) is 0 Å². The summed E-state index contributed by atoms with van der Waals surface area (Å²) in [7, 11) is -0.812. The van der Waals surface area contributed by atoms with Crippen molar-refractivity contribution in [1.29, 1.82) is 0 Å². The van der Waals surface area contributed by atoms with Crippen molar-refractivity contribution in [2.75, 3.05) is 6.16 Å². The molecule has 0 amide bonds. The zero-order valence-corrected chi connectivity index (χ0v) is 4.78. The van der Waals surface area contributed by atoms with E-state index in [1.54, 1.807) is 5.82 Å². The van der Waals surface area contributed by atoms with Crippen LogP contribution in [0.1, 0.15) is 6.92 Å². The van der Waals surface area contributed by atoms with Gasteiger partial charge in [-0.15, -0.1) is 0 Å². The van der Waals surface area contributed by atoms with E-state index < -0.39 is 8.15 Å². The molecule has 0 aliphatic rings. The van der Waals surface area contributed by atoms with Gasteiger partial charge in [0.05, 0.1) is 0 Å². The standard InChI is InChI=1S/C4H9OP/c1-3-6(5)4-2/h3,5H,1,4H2,2H3. The van der Waals surface area contributed by atoms with Crippen LogP contribution < -0.4 is 0 Å². The monoisotopic (exact) mass is 104 g/mol. The quantitative estimate of drug-likeness (QED) is 0.527. The third-order valence-corrected chi connectivity index (χ3v) is 1.60. The summed E-state index contributed by atoms with van der Waals surface area (Å²) in [5.74, 6) is 1.59. The fourth-order valence-corrected chi connectivity index (χ4v) is 0.387. The molecule has 6 heavy (non-hydrogen) atoms. The van der Waals surface area contributed by atoms with E-state index in [1.807, 2.05) is 6.92 Å². The molecule has 0 spiro atoms. The Morgan fingerprint density at radius 1 is 2.00 bits per heavy atom. The fourth-order valence-electron chi connectivity index (χ4n) is 0.129. The normalized spacial score (nSPS) is 13.7. The molecule has 1 nitrogen and oxygen atoms in total. The van der Waals surface area contributed by atoms with Gasteiger partial charge < -0.3 is 4.89 Å². The number of hydrogen-bond donors (Lipinski definition) is 1. The average Bonchev–Trinajstić information content (AvgIpc) is 1.65. The Morgan fingerprint density at radius 3 is 2.50 bits per heavy atom. The molecule has 0 aromatic rings. The van der Waals surface area contributed by atoms with Gasteiger partial charge in [0, 0.05) is 8.15 Å². The van der Waals surface area contributed by atoms with Crippen molar-refractivity contribution in [3.8, 4) is 0 Å². The lowest BCUT2D eigenvalue weighted by Crippen LogP contribution is -1.65. The van der Waals surface area contributed by atoms with Gasteiger partial charge in [-0.1, -0.05) is 13.5 Å². The van der Waals surface area contributed by atoms with E-state index in [2.05, 4.69) is 6.58 Å². The third-order valence-electron chi connectivity index (χ3n) is 0.535. The van der Waals surface area contributed by atoms with Crippen molar-refractivity contribution >= 4 is 8.15 Å². The Hall–Kier alpha value is 0.130. The first kappa shape index (κ1) is 6.13. The van der Waals surface area contributed by atoms with Gasteiger partial charge in [0.1, 0.15) is 0 Å². The molecule has 0 radical (unpaired) electrons. The Kier molecular flexibility index (Phi) is 3.40. The molecular formula is C4H9OP. The smallest absolute Gasteiger partial charge is 0.0480 e. The molecule has 0 saturated carbocycles. The van der Waals surface area contributed by atoms with Gasteiger partial charge in [-0.25, -0.2) is 0 Å². The van der Waals surface area contributed by atoms with Gasteiger partial charge in [0.25, 0.3) is 0 Å². The van der Waals surface area contributed by atoms with Gasteiger partial charge in [0.2, 0.25) is 0 Å². The van der Waals surface area contributed by atoms with Gasteiger partial charge in [-0.2, -0.15) is 0 Å². The van der Waals surface area contributed by atoms with Crippen LogP contribution in [0.5, 0.6) is 0 Å². The van der Waals surface area contributed by atoms with Crippen LogP contribution >= 0.6 is 8.15 Å². The lowest BCUT2D eigenvalue weighted by Gasteiger charge is -1.93. The topological polar surface area (TPSA) is 20.2 Å². The largest absolute Gasteiger partial charge is 0.370 e. The molecule has 0 aliphatic heterocycles. The summed E-state index contributed by atoms with van der Waals surface area (Å²) in [4.78, 5) is 8.61. The molecule has 0 fully saturated rings. The Bertz CT molecular complexity index is 44.8. The summed E-state index contributed by atoms with van der Waals surface area (Å²) in [6, 6.07) is 0. The van der Waals surface area contributed by atoms with E-state index in [0.29, 0.717) is 0 Å². The molecule has 1 atom stereocenters. The summed E-state index contributed by atoms with van der Waals surface area (Å²) in [5, 5.41) is 0. The van der Waals surface area contributed by atoms with Crippen molar-refractivity contribution in [3.63, 3.8) is 0 Å². The van der Waals surface area contributed by atoms with E-state index in [0.717, 1.165) is 6.16 Å². The SMILES string of the molecule is C=CP(O)CC. The van der Waals surface area contributed by atoms with Crippen LogP contribution in [0, 0.1) is 0 Å². The van der Waals surface area contributed by atoms with Crippen molar-refractivity contribution < 1.29 is 4.89 Å². The summed E-state index contributed by atoms with van der Waals surface area (Å²) < 4.78 is 0. The van der Waals surface area contributed by atoms with E-state index in [1.165, 1.54) is 0 Å². The average molecular weight is 104 g/mol. The lowest BCUT2D eigenvalue weighted by molar-refractivity contribution is 0.635. The Morgan fingerprint density at radius 2 is 2.50 bits per heavy atom. The number of hydrogen-bond acceptors (Lipinski definition) is 1. The van der Waals surface area contributed by atoms with Gasteiger partial charge >= 0.3 is 0 Å². The molecule has 36 valence electrons. The van der Waals surface area contributed by atoms with Crippen LogP contribution in [0.4, 0.5) is 0 Å². The Balaban J connectivity index is 2.96. The lowest BCUT2D eigenvalue weighted by atomic mass is 11.0. The Labute approximate surface area is 39.5 Å². The van der Waals surface area contributed by atoms with Gasteiger partial charge in [-0.3, -0.25) is 0 Å². The van der Waals surface area contributed by atoms with E-state index in [4.69, 9.17) is 4.89 Å². The minimum atomic E-state index is -0.812. The van der Waals surface area contributed by atoms with Crippen LogP contribution in [0.3, 0.4) is 0 Å². The van der Waals surface area contributed by atoms with E-state index in [-0.39, 0.29) is 0 Å². The van der Waals surface area contributed by atoms with Crippen LogP contribution in [0.25, 0.3) is 0 Å². The first-order valence-corrected chi connectivity index (χ1v) is 3.44. The van der Waals surface area contributed by atoms with Crippen LogP contribution in [-0.4, -0.2) is 11.1 Å². The predicted octanol–water partition coefficient (Wildman–Crippen LogP) is 1.54. The summed E-state index contributed by atoms with van der Waals surface area (Å²) in [5.41, 5.74) is 0. The van der Waals surface area contributed by atoms with Crippen LogP contribution in [0.15, 0.2) is 12.4 Å². The maximum atomic E-state index is 8.61. The molecule has 1 N–H and O–H groups in total.